The number of hydrogen-bond donors (Lipinski definition) is 6. The first-order valence-corrected chi connectivity index (χ1v) is 12.3. The molecule has 0 unspecified atom stereocenters. The van der Waals surface area contributed by atoms with Crippen LogP contribution in [0.15, 0.2) is 24.3 Å². The number of phenols is 2. The lowest BCUT2D eigenvalue weighted by molar-refractivity contribution is -1.07. The molecule has 0 aliphatic heterocycles. The predicted octanol–water partition coefficient (Wildman–Crippen LogP) is 0.402. The van der Waals surface area contributed by atoms with Crippen LogP contribution in [0, 0.1) is 0 Å². The van der Waals surface area contributed by atoms with Crippen molar-refractivity contribution >= 4 is 22.9 Å². The normalized spacial score (nSPS) is 13.4. The maximum absolute atomic E-state index is 13.9. The Balaban J connectivity index is 2.29. The second-order valence-corrected chi connectivity index (χ2v) is 10.5. The van der Waals surface area contributed by atoms with Crippen LogP contribution in [0.25, 0.3) is 0 Å². The van der Waals surface area contributed by atoms with Gasteiger partial charge in [0.1, 0.15) is 24.6 Å². The van der Waals surface area contributed by atoms with Gasteiger partial charge in [0.2, 0.25) is 11.6 Å². The average molecular weight is 535 g/mol. The summed E-state index contributed by atoms with van der Waals surface area (Å²) < 4.78 is -0.738. The number of fused-ring (bicyclic) bond motifs is 2. The molecular formula is C26H38N4O8+2. The topological polar surface area (TPSA) is 162 Å². The van der Waals surface area contributed by atoms with Gasteiger partial charge in [0.05, 0.1) is 76.7 Å². The van der Waals surface area contributed by atoms with Gasteiger partial charge in [-0.3, -0.25) is 9.59 Å². The highest BCUT2D eigenvalue weighted by Gasteiger charge is 2.40. The van der Waals surface area contributed by atoms with Crippen LogP contribution in [0.5, 0.6) is 11.5 Å². The number of likely N-dealkylation sites (N-methyl/N-ethyl adjacent to an activating group) is 2. The molecule has 2 aromatic rings. The van der Waals surface area contributed by atoms with Gasteiger partial charge in [0.15, 0.2) is 0 Å². The third-order valence-electron chi connectivity index (χ3n) is 6.49. The number of hydrogen-bond acceptors (Lipinski definition) is 10. The van der Waals surface area contributed by atoms with E-state index in [1.165, 1.54) is 0 Å². The molecule has 0 fully saturated rings. The number of rotatable bonds is 12. The van der Waals surface area contributed by atoms with Gasteiger partial charge in [-0.2, -0.15) is 9.29 Å². The van der Waals surface area contributed by atoms with Crippen LogP contribution >= 0.6 is 0 Å². The van der Waals surface area contributed by atoms with E-state index in [4.69, 9.17) is 0 Å². The van der Waals surface area contributed by atoms with Crippen molar-refractivity contribution in [3.05, 3.63) is 46.5 Å². The van der Waals surface area contributed by atoms with E-state index < -0.39 is 23.1 Å². The number of aromatic hydroxyl groups is 2. The zero-order valence-electron chi connectivity index (χ0n) is 22.3. The average Bonchev–Trinajstić information content (AvgIpc) is 2.82. The summed E-state index contributed by atoms with van der Waals surface area (Å²) in [7, 11) is 6.31. The summed E-state index contributed by atoms with van der Waals surface area (Å²) in [6.45, 7) is 0.605. The SMILES string of the molecule is C[N+](C)(O)CCN(CCO)c1ccc(N(CCO)CC[N+](C)(C)O)c2c1C(=O)c1c(O)ccc(O)c1C2=O. The predicted molar refractivity (Wildman–Crippen MR) is 139 cm³/mol. The van der Waals surface area contributed by atoms with Gasteiger partial charge in [-0.1, -0.05) is 0 Å². The Morgan fingerprint density at radius 3 is 1.24 bits per heavy atom. The van der Waals surface area contributed by atoms with Gasteiger partial charge in [-0.05, 0) is 24.3 Å². The fraction of sp³-hybridized carbons (Fsp3) is 0.462. The minimum atomic E-state index is -0.678. The number of hydroxylamine groups is 6. The fourth-order valence-corrected chi connectivity index (χ4v) is 4.54. The molecule has 1 aliphatic rings. The van der Waals surface area contributed by atoms with E-state index in [-0.39, 0.29) is 84.0 Å². The number of nitrogens with zero attached hydrogens (tertiary/aromatic N) is 4. The molecule has 0 spiro atoms. The molecule has 3 rings (SSSR count). The smallest absolute Gasteiger partial charge is 0.200 e. The van der Waals surface area contributed by atoms with Crippen molar-refractivity contribution in [3.63, 3.8) is 0 Å². The minimum absolute atomic E-state index is 0.0155. The summed E-state index contributed by atoms with van der Waals surface area (Å²) in [4.78, 5) is 31.2. The molecular weight excluding hydrogens is 496 g/mol. The van der Waals surface area contributed by atoms with Crippen LogP contribution in [-0.4, -0.2) is 132 Å². The summed E-state index contributed by atoms with van der Waals surface area (Å²) in [5.41, 5.74) is -0.0213. The van der Waals surface area contributed by atoms with Crippen LogP contribution in [0.4, 0.5) is 11.4 Å². The highest BCUT2D eigenvalue weighted by Crippen LogP contribution is 2.44. The van der Waals surface area contributed by atoms with E-state index in [9.17, 15) is 40.4 Å². The molecule has 2 aromatic carbocycles. The second-order valence-electron chi connectivity index (χ2n) is 10.5. The largest absolute Gasteiger partial charge is 0.507 e. The van der Waals surface area contributed by atoms with Crippen molar-refractivity contribution in [1.82, 2.24) is 0 Å². The van der Waals surface area contributed by atoms with Crippen LogP contribution in [0.1, 0.15) is 31.8 Å². The summed E-state index contributed by atoms with van der Waals surface area (Å²) in [5.74, 6) is -2.26. The summed E-state index contributed by atoms with van der Waals surface area (Å²) in [6.07, 6.45) is 0. The van der Waals surface area contributed by atoms with Gasteiger partial charge in [-0.15, -0.1) is 0 Å². The third kappa shape index (κ3) is 6.23. The zero-order chi connectivity index (χ0) is 28.4. The number of ketones is 2. The van der Waals surface area contributed by atoms with E-state index in [1.807, 2.05) is 0 Å². The third-order valence-corrected chi connectivity index (χ3v) is 6.49. The fourth-order valence-electron chi connectivity index (χ4n) is 4.54. The Labute approximate surface area is 221 Å². The van der Waals surface area contributed by atoms with Crippen LogP contribution in [-0.2, 0) is 0 Å². The molecule has 0 amide bonds. The Kier molecular flexibility index (Phi) is 8.66. The molecule has 0 saturated carbocycles. The van der Waals surface area contributed by atoms with Crippen LogP contribution in [0.3, 0.4) is 0 Å². The number of benzene rings is 2. The Hall–Kier alpha value is -3.26. The van der Waals surface area contributed by atoms with E-state index >= 15 is 0 Å². The summed E-state index contributed by atoms with van der Waals surface area (Å²) in [6, 6.07) is 5.54. The lowest BCUT2D eigenvalue weighted by Gasteiger charge is -2.34. The molecule has 38 heavy (non-hydrogen) atoms. The standard InChI is InChI=1S/C26H36N4O8/c1-29(2,37)13-9-27(11-15-31)17-5-6-18(28(12-16-32)10-14-30(3,4)38)22-21(17)25(35)23-19(33)7-8-20(34)24(23)26(22)36/h5-8,31-32,37-38H,9-16H2,1-4H3/p+2. The van der Waals surface area contributed by atoms with Gasteiger partial charge in [-0.25, -0.2) is 10.4 Å². The molecule has 0 atom stereocenters. The highest BCUT2D eigenvalue weighted by atomic mass is 16.5. The van der Waals surface area contributed by atoms with Crippen LogP contribution < -0.4 is 9.80 Å². The van der Waals surface area contributed by atoms with Crippen molar-refractivity contribution in [2.75, 3.05) is 90.5 Å². The van der Waals surface area contributed by atoms with Gasteiger partial charge < -0.3 is 30.2 Å². The second kappa shape index (κ2) is 11.2. The lowest BCUT2D eigenvalue weighted by Crippen LogP contribution is -2.45. The molecule has 208 valence electrons. The number of carbonyl (C=O) groups is 2. The Morgan fingerprint density at radius 1 is 0.605 bits per heavy atom. The lowest BCUT2D eigenvalue weighted by atomic mass is 9.80. The molecule has 12 nitrogen and oxygen atoms in total. The Morgan fingerprint density at radius 2 is 0.947 bits per heavy atom. The molecule has 0 heterocycles. The molecule has 0 bridgehead atoms. The molecule has 1 aliphatic carbocycles. The van der Waals surface area contributed by atoms with Crippen molar-refractivity contribution in [3.8, 4) is 11.5 Å². The molecule has 0 saturated heterocycles. The molecule has 12 heteroatoms. The maximum Gasteiger partial charge on any atom is 0.200 e. The quantitative estimate of drug-likeness (QED) is 0.109. The molecule has 0 aromatic heterocycles. The molecule has 6 N–H and O–H groups in total. The first-order chi connectivity index (χ1) is 17.7. The van der Waals surface area contributed by atoms with E-state index in [1.54, 1.807) is 50.1 Å². The van der Waals surface area contributed by atoms with E-state index in [0.29, 0.717) is 11.4 Å². The number of aliphatic hydroxyl groups is 2. The maximum atomic E-state index is 13.9. The van der Waals surface area contributed by atoms with Crippen molar-refractivity contribution in [1.29, 1.82) is 0 Å². The van der Waals surface area contributed by atoms with Crippen molar-refractivity contribution in [2.45, 2.75) is 0 Å². The first kappa shape index (κ1) is 29.3. The zero-order valence-corrected chi connectivity index (χ0v) is 22.3. The van der Waals surface area contributed by atoms with E-state index in [0.717, 1.165) is 12.1 Å². The van der Waals surface area contributed by atoms with E-state index in [2.05, 4.69) is 0 Å². The van der Waals surface area contributed by atoms with Gasteiger partial charge >= 0.3 is 0 Å². The number of quaternary nitrogens is 2. The first-order valence-electron chi connectivity index (χ1n) is 12.3. The van der Waals surface area contributed by atoms with Gasteiger partial charge in [0.25, 0.3) is 0 Å². The minimum Gasteiger partial charge on any atom is -0.507 e. The summed E-state index contributed by atoms with van der Waals surface area (Å²) in [5, 5.41) is 61.0. The monoisotopic (exact) mass is 534 g/mol. The number of carbonyl (C=O) groups excluding carboxylic acids is 2. The number of aliphatic hydroxyl groups excluding tert-OH is 2. The number of phenolic OH excluding ortho intramolecular Hbond substituents is 2. The van der Waals surface area contributed by atoms with Gasteiger partial charge in [0, 0.05) is 24.5 Å². The molecule has 0 radical (unpaired) electrons. The van der Waals surface area contributed by atoms with Crippen molar-refractivity contribution in [2.24, 2.45) is 0 Å². The van der Waals surface area contributed by atoms with Crippen molar-refractivity contribution < 1.29 is 49.7 Å². The highest BCUT2D eigenvalue weighted by molar-refractivity contribution is 6.33. The number of anilines is 2. The summed E-state index contributed by atoms with van der Waals surface area (Å²) >= 11 is 0. The Bertz CT molecular complexity index is 1110. The van der Waals surface area contributed by atoms with Crippen LogP contribution in [0.2, 0.25) is 0 Å².